The number of benzene rings is 2. The maximum atomic E-state index is 12.7. The fourth-order valence-electron chi connectivity index (χ4n) is 2.50. The van der Waals surface area contributed by atoms with E-state index in [0.717, 1.165) is 5.56 Å². The summed E-state index contributed by atoms with van der Waals surface area (Å²) in [7, 11) is 0. The standard InChI is InChI=1S/C20H14ClNO3S2/c21-15(10-13-4-2-1-3-5-13)12-17-19(25)22(20(26)27-17)16-8-6-14(7-9-16)11-18(23)24/h1-10,12H,11H2,(H,23,24)/b15-10-,17-12-. The average molecular weight is 416 g/mol. The summed E-state index contributed by atoms with van der Waals surface area (Å²) in [6.07, 6.45) is 3.31. The van der Waals surface area contributed by atoms with E-state index in [2.05, 4.69) is 0 Å². The van der Waals surface area contributed by atoms with Gasteiger partial charge in [0.25, 0.3) is 5.91 Å². The first-order valence-corrected chi connectivity index (χ1v) is 9.55. The Kier molecular flexibility index (Phi) is 6.11. The van der Waals surface area contributed by atoms with Gasteiger partial charge in [0.05, 0.1) is 17.0 Å². The van der Waals surface area contributed by atoms with Gasteiger partial charge in [-0.1, -0.05) is 78.0 Å². The largest absolute Gasteiger partial charge is 0.481 e. The van der Waals surface area contributed by atoms with Crippen LogP contribution < -0.4 is 4.90 Å². The Bertz CT molecular complexity index is 953. The number of carboxylic acids is 1. The highest BCUT2D eigenvalue weighted by atomic mass is 35.5. The molecule has 0 aromatic heterocycles. The molecule has 3 rings (SSSR count). The van der Waals surface area contributed by atoms with E-state index in [0.29, 0.717) is 25.5 Å². The number of aliphatic carboxylic acids is 1. The molecule has 1 fully saturated rings. The van der Waals surface area contributed by atoms with E-state index in [1.54, 1.807) is 36.4 Å². The number of anilines is 1. The van der Waals surface area contributed by atoms with Crippen molar-refractivity contribution in [1.82, 2.24) is 0 Å². The Morgan fingerprint density at radius 3 is 2.44 bits per heavy atom. The zero-order valence-corrected chi connectivity index (χ0v) is 16.4. The van der Waals surface area contributed by atoms with Gasteiger partial charge in [0.2, 0.25) is 0 Å². The molecule has 1 aliphatic heterocycles. The molecule has 0 saturated carbocycles. The molecule has 1 amide bonds. The normalized spacial score (nSPS) is 16.3. The highest BCUT2D eigenvalue weighted by molar-refractivity contribution is 8.27. The summed E-state index contributed by atoms with van der Waals surface area (Å²) in [5.41, 5.74) is 2.18. The Labute approximate surface area is 171 Å². The predicted molar refractivity (Wildman–Crippen MR) is 114 cm³/mol. The van der Waals surface area contributed by atoms with Gasteiger partial charge in [-0.15, -0.1) is 0 Å². The molecule has 0 bridgehead atoms. The number of hydrogen-bond donors (Lipinski definition) is 1. The molecule has 2 aromatic carbocycles. The maximum absolute atomic E-state index is 12.7. The second-order valence-electron chi connectivity index (χ2n) is 5.69. The van der Waals surface area contributed by atoms with E-state index >= 15 is 0 Å². The number of carbonyl (C=O) groups excluding carboxylic acids is 1. The third kappa shape index (κ3) is 4.86. The van der Waals surface area contributed by atoms with Crippen molar-refractivity contribution in [2.45, 2.75) is 6.42 Å². The molecule has 0 spiro atoms. The summed E-state index contributed by atoms with van der Waals surface area (Å²) in [4.78, 5) is 25.4. The summed E-state index contributed by atoms with van der Waals surface area (Å²) in [6, 6.07) is 16.3. The van der Waals surface area contributed by atoms with Crippen LogP contribution in [-0.4, -0.2) is 21.3 Å². The highest BCUT2D eigenvalue weighted by Gasteiger charge is 2.33. The monoisotopic (exact) mass is 415 g/mol. The molecule has 27 heavy (non-hydrogen) atoms. The van der Waals surface area contributed by atoms with Gasteiger partial charge < -0.3 is 5.11 Å². The predicted octanol–water partition coefficient (Wildman–Crippen LogP) is 4.84. The van der Waals surface area contributed by atoms with Crippen molar-refractivity contribution in [3.8, 4) is 0 Å². The van der Waals surface area contributed by atoms with Crippen LogP contribution in [-0.2, 0) is 16.0 Å². The van der Waals surface area contributed by atoms with Crippen LogP contribution in [0.15, 0.2) is 70.6 Å². The molecule has 0 radical (unpaired) electrons. The molecule has 1 N–H and O–H groups in total. The minimum Gasteiger partial charge on any atom is -0.481 e. The van der Waals surface area contributed by atoms with Crippen LogP contribution >= 0.6 is 35.6 Å². The molecule has 0 aliphatic carbocycles. The van der Waals surface area contributed by atoms with Crippen molar-refractivity contribution < 1.29 is 14.7 Å². The van der Waals surface area contributed by atoms with E-state index in [-0.39, 0.29) is 12.3 Å². The molecule has 7 heteroatoms. The van der Waals surface area contributed by atoms with Gasteiger partial charge in [-0.05, 0) is 35.4 Å². The van der Waals surface area contributed by atoms with E-state index in [4.69, 9.17) is 28.9 Å². The van der Waals surface area contributed by atoms with Crippen molar-refractivity contribution >= 4 is 63.5 Å². The average Bonchev–Trinajstić information content (AvgIpc) is 2.89. The first kappa shape index (κ1) is 19.4. The van der Waals surface area contributed by atoms with E-state index < -0.39 is 5.97 Å². The molecule has 1 heterocycles. The number of carbonyl (C=O) groups is 2. The van der Waals surface area contributed by atoms with E-state index in [9.17, 15) is 9.59 Å². The van der Waals surface area contributed by atoms with Gasteiger partial charge in [0.1, 0.15) is 0 Å². The Hall–Kier alpha value is -2.41. The summed E-state index contributed by atoms with van der Waals surface area (Å²) >= 11 is 12.8. The lowest BCUT2D eigenvalue weighted by atomic mass is 10.1. The van der Waals surface area contributed by atoms with Crippen LogP contribution in [0.2, 0.25) is 0 Å². The van der Waals surface area contributed by atoms with Gasteiger partial charge in [0.15, 0.2) is 4.32 Å². The number of amides is 1. The zero-order valence-electron chi connectivity index (χ0n) is 14.0. The molecule has 2 aromatic rings. The van der Waals surface area contributed by atoms with Gasteiger partial charge in [0, 0.05) is 5.03 Å². The number of carboxylic acid groups (broad SMARTS) is 1. The van der Waals surface area contributed by atoms with Gasteiger partial charge in [-0.25, -0.2) is 0 Å². The van der Waals surface area contributed by atoms with Crippen LogP contribution in [0, 0.1) is 0 Å². The Morgan fingerprint density at radius 2 is 1.81 bits per heavy atom. The van der Waals surface area contributed by atoms with Gasteiger partial charge in [-0.3, -0.25) is 14.5 Å². The third-order valence-electron chi connectivity index (χ3n) is 3.72. The SMILES string of the molecule is O=C(O)Cc1ccc(N2C(=O)/C(=C/C(Cl)=C/c3ccccc3)SC2=S)cc1. The number of thioether (sulfide) groups is 1. The second kappa shape index (κ2) is 8.52. The molecule has 0 atom stereocenters. The van der Waals surface area contributed by atoms with Crippen LogP contribution in [0.1, 0.15) is 11.1 Å². The molecular formula is C20H14ClNO3S2. The molecule has 1 aliphatic rings. The highest BCUT2D eigenvalue weighted by Crippen LogP contribution is 2.36. The molecular weight excluding hydrogens is 402 g/mol. The Balaban J connectivity index is 1.80. The summed E-state index contributed by atoms with van der Waals surface area (Å²) in [5.74, 6) is -1.16. The first-order chi connectivity index (χ1) is 12.9. The van der Waals surface area contributed by atoms with Gasteiger partial charge in [-0.2, -0.15) is 0 Å². The van der Waals surface area contributed by atoms with Crippen molar-refractivity contribution in [3.05, 3.63) is 81.7 Å². The number of halogens is 1. The fourth-order valence-corrected chi connectivity index (χ4v) is 4.09. The fraction of sp³-hybridized carbons (Fsp3) is 0.0500. The van der Waals surface area contributed by atoms with Crippen LogP contribution in [0.4, 0.5) is 5.69 Å². The lowest BCUT2D eigenvalue weighted by molar-refractivity contribution is -0.136. The van der Waals surface area contributed by atoms with Crippen molar-refractivity contribution in [3.63, 3.8) is 0 Å². The van der Waals surface area contributed by atoms with Crippen molar-refractivity contribution in [2.75, 3.05) is 4.90 Å². The summed E-state index contributed by atoms with van der Waals surface area (Å²) in [5, 5.41) is 9.27. The minimum absolute atomic E-state index is 0.0710. The van der Waals surface area contributed by atoms with Gasteiger partial charge >= 0.3 is 5.97 Å². The lowest BCUT2D eigenvalue weighted by Crippen LogP contribution is -2.27. The van der Waals surface area contributed by atoms with E-state index in [1.807, 2.05) is 30.3 Å². The second-order valence-corrected chi connectivity index (χ2v) is 7.81. The van der Waals surface area contributed by atoms with Crippen LogP contribution in [0.5, 0.6) is 0 Å². The number of thiocarbonyl (C=S) groups is 1. The summed E-state index contributed by atoms with van der Waals surface area (Å²) < 4.78 is 0.404. The van der Waals surface area contributed by atoms with E-state index in [1.165, 1.54) is 16.7 Å². The lowest BCUT2D eigenvalue weighted by Gasteiger charge is -2.14. The van der Waals surface area contributed by atoms with Crippen molar-refractivity contribution in [1.29, 1.82) is 0 Å². The third-order valence-corrected chi connectivity index (χ3v) is 5.24. The van der Waals surface area contributed by atoms with Crippen LogP contribution in [0.3, 0.4) is 0 Å². The Morgan fingerprint density at radius 1 is 1.15 bits per heavy atom. The quantitative estimate of drug-likeness (QED) is 0.559. The first-order valence-electron chi connectivity index (χ1n) is 7.95. The van der Waals surface area contributed by atoms with Crippen molar-refractivity contribution in [2.24, 2.45) is 0 Å². The molecule has 0 unspecified atom stereocenters. The molecule has 4 nitrogen and oxygen atoms in total. The number of hydrogen-bond acceptors (Lipinski definition) is 4. The number of rotatable bonds is 5. The zero-order chi connectivity index (χ0) is 19.4. The smallest absolute Gasteiger partial charge is 0.307 e. The summed E-state index contributed by atoms with van der Waals surface area (Å²) in [6.45, 7) is 0. The maximum Gasteiger partial charge on any atom is 0.307 e. The van der Waals surface area contributed by atoms with Crippen LogP contribution in [0.25, 0.3) is 6.08 Å². The molecule has 1 saturated heterocycles. The molecule has 136 valence electrons. The minimum atomic E-state index is -0.906. The topological polar surface area (TPSA) is 57.6 Å². The number of allylic oxidation sites excluding steroid dienone is 2. The number of nitrogens with zero attached hydrogens (tertiary/aromatic N) is 1.